The molecule has 0 aliphatic rings. The Morgan fingerprint density at radius 2 is 1.38 bits per heavy atom. The Labute approximate surface area is 268 Å². The lowest BCUT2D eigenvalue weighted by atomic mass is 10.0. The zero-order valence-corrected chi connectivity index (χ0v) is 27.8. The minimum Gasteiger partial charge on any atom is -0.350 e. The molecule has 4 aromatic rings. The van der Waals surface area contributed by atoms with Crippen LogP contribution in [0.2, 0.25) is 0 Å². The van der Waals surface area contributed by atoms with Crippen molar-refractivity contribution in [2.45, 2.75) is 71.0 Å². The Morgan fingerprint density at radius 3 is 2.00 bits per heavy atom. The van der Waals surface area contributed by atoms with Gasteiger partial charge >= 0.3 is 0 Å². The molecule has 0 bridgehead atoms. The smallest absolute Gasteiger partial charge is 0.264 e. The van der Waals surface area contributed by atoms with E-state index in [0.717, 1.165) is 27.8 Å². The molecule has 1 unspecified atom stereocenters. The zero-order valence-electron chi connectivity index (χ0n) is 26.9. The number of hydrogen-bond donors (Lipinski definition) is 1. The minimum atomic E-state index is -4.15. The first kappa shape index (κ1) is 33.5. The van der Waals surface area contributed by atoms with Gasteiger partial charge in [-0.3, -0.25) is 13.9 Å². The summed E-state index contributed by atoms with van der Waals surface area (Å²) in [5, 5.41) is 3.06. The third kappa shape index (κ3) is 8.60. The van der Waals surface area contributed by atoms with Crippen LogP contribution in [0.4, 0.5) is 5.69 Å². The fourth-order valence-corrected chi connectivity index (χ4v) is 6.75. The maximum atomic E-state index is 14.6. The first-order valence-electron chi connectivity index (χ1n) is 15.1. The summed E-state index contributed by atoms with van der Waals surface area (Å²) >= 11 is 0. The van der Waals surface area contributed by atoms with Crippen molar-refractivity contribution in [2.75, 3.05) is 10.8 Å². The molecule has 236 valence electrons. The molecule has 1 atom stereocenters. The molecule has 0 spiro atoms. The van der Waals surface area contributed by atoms with Crippen molar-refractivity contribution >= 4 is 27.5 Å². The first-order valence-corrected chi connectivity index (χ1v) is 16.6. The van der Waals surface area contributed by atoms with Gasteiger partial charge in [-0.2, -0.15) is 0 Å². The van der Waals surface area contributed by atoms with Crippen molar-refractivity contribution in [3.05, 3.63) is 131 Å². The predicted octanol–water partition coefficient (Wildman–Crippen LogP) is 6.36. The lowest BCUT2D eigenvalue weighted by molar-refractivity contribution is -0.140. The highest BCUT2D eigenvalue weighted by atomic mass is 32.2. The number of nitrogens with one attached hydrogen (secondary N) is 1. The number of hydrogen-bond acceptors (Lipinski definition) is 4. The number of sulfonamides is 1. The number of aryl methyl sites for hydroxylation is 2. The van der Waals surface area contributed by atoms with Crippen LogP contribution in [0.5, 0.6) is 0 Å². The molecule has 45 heavy (non-hydrogen) atoms. The van der Waals surface area contributed by atoms with Crippen LogP contribution in [0.3, 0.4) is 0 Å². The van der Waals surface area contributed by atoms with Gasteiger partial charge in [-0.15, -0.1) is 0 Å². The summed E-state index contributed by atoms with van der Waals surface area (Å²) in [5.41, 5.74) is 4.26. The van der Waals surface area contributed by atoms with Gasteiger partial charge in [-0.05, 0) is 82.0 Å². The van der Waals surface area contributed by atoms with E-state index < -0.39 is 34.1 Å². The molecular formula is C37H43N3O4S. The number of benzene rings is 4. The van der Waals surface area contributed by atoms with Crippen LogP contribution in [0.25, 0.3) is 0 Å². The van der Waals surface area contributed by atoms with Crippen LogP contribution >= 0.6 is 0 Å². The van der Waals surface area contributed by atoms with Gasteiger partial charge in [0, 0.05) is 18.5 Å². The highest BCUT2D eigenvalue weighted by molar-refractivity contribution is 7.92. The Kier molecular flexibility index (Phi) is 10.5. The van der Waals surface area contributed by atoms with Crippen LogP contribution in [0.1, 0.15) is 48.6 Å². The Balaban J connectivity index is 1.84. The largest absolute Gasteiger partial charge is 0.350 e. The van der Waals surface area contributed by atoms with E-state index in [1.165, 1.54) is 21.3 Å². The van der Waals surface area contributed by atoms with Crippen LogP contribution in [0, 0.1) is 20.8 Å². The van der Waals surface area contributed by atoms with E-state index in [-0.39, 0.29) is 23.8 Å². The number of rotatable bonds is 11. The number of amides is 2. The molecule has 2 amide bonds. The maximum absolute atomic E-state index is 14.6. The van der Waals surface area contributed by atoms with Crippen LogP contribution < -0.4 is 9.62 Å². The molecule has 0 heterocycles. The van der Waals surface area contributed by atoms with Gasteiger partial charge in [-0.1, -0.05) is 90.5 Å². The summed E-state index contributed by atoms with van der Waals surface area (Å²) in [6, 6.07) is 30.0. The lowest BCUT2D eigenvalue weighted by Gasteiger charge is -2.35. The van der Waals surface area contributed by atoms with E-state index in [2.05, 4.69) is 5.32 Å². The fourth-order valence-electron chi connectivity index (χ4n) is 5.25. The van der Waals surface area contributed by atoms with Crippen molar-refractivity contribution in [3.63, 3.8) is 0 Å². The molecule has 7 nitrogen and oxygen atoms in total. The van der Waals surface area contributed by atoms with Crippen LogP contribution in [-0.4, -0.2) is 43.3 Å². The van der Waals surface area contributed by atoms with Gasteiger partial charge in [-0.25, -0.2) is 8.42 Å². The first-order chi connectivity index (χ1) is 21.3. The van der Waals surface area contributed by atoms with Gasteiger partial charge < -0.3 is 10.2 Å². The second-order valence-electron chi connectivity index (χ2n) is 12.5. The van der Waals surface area contributed by atoms with Crippen LogP contribution in [-0.2, 0) is 32.6 Å². The SMILES string of the molecule is Cc1cccc(CN(C(=O)CN(c2cccc(C)c2C)S(=O)(=O)c2ccccc2)C(Cc2ccccc2)C(=O)NC(C)(C)C)c1. The Morgan fingerprint density at radius 1 is 0.778 bits per heavy atom. The summed E-state index contributed by atoms with van der Waals surface area (Å²) in [4.78, 5) is 30.2. The van der Waals surface area contributed by atoms with Crippen molar-refractivity contribution < 1.29 is 18.0 Å². The average molecular weight is 626 g/mol. The summed E-state index contributed by atoms with van der Waals surface area (Å²) in [6.45, 7) is 11.1. The Hall–Kier alpha value is -4.43. The average Bonchev–Trinajstić information content (AvgIpc) is 2.99. The van der Waals surface area contributed by atoms with E-state index in [1.807, 2.05) is 102 Å². The number of anilines is 1. The molecule has 0 fully saturated rings. The second-order valence-corrected chi connectivity index (χ2v) is 14.4. The Bertz CT molecular complexity index is 1730. The maximum Gasteiger partial charge on any atom is 0.264 e. The van der Waals surface area contributed by atoms with Crippen molar-refractivity contribution in [1.29, 1.82) is 0 Å². The summed E-state index contributed by atoms with van der Waals surface area (Å²) in [6.07, 6.45) is 0.259. The van der Waals surface area contributed by atoms with E-state index in [4.69, 9.17) is 0 Å². The molecule has 4 rings (SSSR count). The van der Waals surface area contributed by atoms with Crippen molar-refractivity contribution in [3.8, 4) is 0 Å². The zero-order chi connectivity index (χ0) is 32.8. The fraction of sp³-hybridized carbons (Fsp3) is 0.297. The van der Waals surface area contributed by atoms with Gasteiger partial charge in [0.25, 0.3) is 10.0 Å². The molecule has 0 aromatic heterocycles. The monoisotopic (exact) mass is 625 g/mol. The molecule has 4 aromatic carbocycles. The van der Waals surface area contributed by atoms with E-state index in [1.54, 1.807) is 30.3 Å². The molecule has 8 heteroatoms. The minimum absolute atomic E-state index is 0.0789. The van der Waals surface area contributed by atoms with Gasteiger partial charge in [0.1, 0.15) is 12.6 Å². The summed E-state index contributed by atoms with van der Waals surface area (Å²) in [5.74, 6) is -0.793. The third-order valence-electron chi connectivity index (χ3n) is 7.66. The summed E-state index contributed by atoms with van der Waals surface area (Å²) < 4.78 is 29.6. The van der Waals surface area contributed by atoms with E-state index in [0.29, 0.717) is 5.69 Å². The highest BCUT2D eigenvalue weighted by Gasteiger charge is 2.36. The highest BCUT2D eigenvalue weighted by Crippen LogP contribution is 2.29. The van der Waals surface area contributed by atoms with E-state index in [9.17, 15) is 18.0 Å². The lowest BCUT2D eigenvalue weighted by Crippen LogP contribution is -2.56. The molecule has 0 saturated heterocycles. The number of nitrogens with zero attached hydrogens (tertiary/aromatic N) is 2. The summed E-state index contributed by atoms with van der Waals surface area (Å²) in [7, 11) is -4.15. The van der Waals surface area contributed by atoms with Crippen LogP contribution in [0.15, 0.2) is 108 Å². The standard InChI is InChI=1S/C37H43N3O4S/c1-27-15-13-19-31(23-27)25-39(34(36(42)38-37(4,5)6)24-30-17-9-7-10-18-30)35(41)26-40(33-22-14-16-28(2)29(33)3)45(43,44)32-20-11-8-12-21-32/h7-23,34H,24-26H2,1-6H3,(H,38,42). The molecular weight excluding hydrogens is 582 g/mol. The van der Waals surface area contributed by atoms with Gasteiger partial charge in [0.15, 0.2) is 0 Å². The number of carbonyl (C=O) groups is 2. The topological polar surface area (TPSA) is 86.8 Å². The molecule has 0 saturated carbocycles. The molecule has 0 radical (unpaired) electrons. The van der Waals surface area contributed by atoms with Crippen molar-refractivity contribution in [1.82, 2.24) is 10.2 Å². The second kappa shape index (κ2) is 14.1. The van der Waals surface area contributed by atoms with Crippen molar-refractivity contribution in [2.24, 2.45) is 0 Å². The normalized spacial score (nSPS) is 12.3. The number of carbonyl (C=O) groups excluding carboxylic acids is 2. The predicted molar refractivity (Wildman–Crippen MR) is 180 cm³/mol. The quantitative estimate of drug-likeness (QED) is 0.210. The third-order valence-corrected chi connectivity index (χ3v) is 9.43. The molecule has 0 aliphatic carbocycles. The molecule has 0 aliphatic heterocycles. The molecule has 1 N–H and O–H groups in total. The van der Waals surface area contributed by atoms with Gasteiger partial charge in [0.2, 0.25) is 11.8 Å². The van der Waals surface area contributed by atoms with Gasteiger partial charge in [0.05, 0.1) is 10.6 Å². The van der Waals surface area contributed by atoms with E-state index >= 15 is 0 Å².